The maximum Gasteiger partial charge on any atom is 0.253 e. The van der Waals surface area contributed by atoms with Gasteiger partial charge < -0.3 is 14.9 Å². The lowest BCUT2D eigenvalue weighted by molar-refractivity contribution is 0.0629. The van der Waals surface area contributed by atoms with Gasteiger partial charge in [0.25, 0.3) is 5.91 Å². The van der Waals surface area contributed by atoms with Crippen LogP contribution in [0.5, 0.6) is 0 Å². The number of anilines is 1. The second-order valence-electron chi connectivity index (χ2n) is 7.23. The fourth-order valence-corrected chi connectivity index (χ4v) is 3.42. The first-order chi connectivity index (χ1) is 13.1. The van der Waals surface area contributed by atoms with Crippen LogP contribution in [-0.4, -0.2) is 74.2 Å². The number of hydrogen-bond acceptors (Lipinski definition) is 4. The average Bonchev–Trinajstić information content (AvgIpc) is 2.72. The van der Waals surface area contributed by atoms with Crippen LogP contribution in [-0.2, 0) is 0 Å². The van der Waals surface area contributed by atoms with E-state index in [0.717, 1.165) is 61.5 Å². The summed E-state index contributed by atoms with van der Waals surface area (Å²) in [6.45, 7) is 4.37. The molecule has 1 fully saturated rings. The summed E-state index contributed by atoms with van der Waals surface area (Å²) in [5.41, 5.74) is 4.17. The standard InChI is InChI=1S/C22H29N3O2/c1-23(2)21-6-3-5-20(17-21)18-7-9-19(10-8-18)22(27)25-14-12-24(13-15-25)11-4-16-26/h3,5-10,17,26H,4,11-16H2,1-2H3. The van der Waals surface area contributed by atoms with Crippen molar-refractivity contribution in [2.45, 2.75) is 6.42 Å². The van der Waals surface area contributed by atoms with Crippen molar-refractivity contribution >= 4 is 11.6 Å². The molecule has 1 heterocycles. The highest BCUT2D eigenvalue weighted by atomic mass is 16.3. The number of piperazine rings is 1. The molecule has 1 amide bonds. The van der Waals surface area contributed by atoms with Crippen LogP contribution < -0.4 is 4.90 Å². The first-order valence-electron chi connectivity index (χ1n) is 9.59. The molecule has 1 aliphatic rings. The summed E-state index contributed by atoms with van der Waals surface area (Å²) in [7, 11) is 4.06. The first-order valence-corrected chi connectivity index (χ1v) is 9.59. The predicted molar refractivity (Wildman–Crippen MR) is 110 cm³/mol. The van der Waals surface area contributed by atoms with E-state index in [1.54, 1.807) is 0 Å². The highest BCUT2D eigenvalue weighted by Crippen LogP contribution is 2.24. The van der Waals surface area contributed by atoms with Crippen molar-refractivity contribution in [3.8, 4) is 11.1 Å². The number of aliphatic hydroxyl groups excluding tert-OH is 1. The number of hydrogen-bond donors (Lipinski definition) is 1. The minimum Gasteiger partial charge on any atom is -0.396 e. The summed E-state index contributed by atoms with van der Waals surface area (Å²) in [4.78, 5) is 19.1. The summed E-state index contributed by atoms with van der Waals surface area (Å²) >= 11 is 0. The molecule has 0 bridgehead atoms. The smallest absolute Gasteiger partial charge is 0.253 e. The number of rotatable bonds is 6. The normalized spacial score (nSPS) is 15.0. The molecule has 5 heteroatoms. The Morgan fingerprint density at radius 3 is 2.33 bits per heavy atom. The largest absolute Gasteiger partial charge is 0.396 e. The van der Waals surface area contributed by atoms with Gasteiger partial charge in [0.05, 0.1) is 0 Å². The molecule has 3 rings (SSSR count). The van der Waals surface area contributed by atoms with E-state index in [1.807, 2.05) is 43.3 Å². The van der Waals surface area contributed by atoms with Crippen LogP contribution in [0.2, 0.25) is 0 Å². The third kappa shape index (κ3) is 4.87. The fraction of sp³-hybridized carbons (Fsp3) is 0.409. The van der Waals surface area contributed by atoms with Crippen LogP contribution >= 0.6 is 0 Å². The number of carbonyl (C=O) groups is 1. The third-order valence-electron chi connectivity index (χ3n) is 5.12. The van der Waals surface area contributed by atoms with Crippen molar-refractivity contribution in [1.82, 2.24) is 9.80 Å². The van der Waals surface area contributed by atoms with Gasteiger partial charge in [-0.25, -0.2) is 0 Å². The highest BCUT2D eigenvalue weighted by Gasteiger charge is 2.21. The van der Waals surface area contributed by atoms with E-state index in [4.69, 9.17) is 5.11 Å². The van der Waals surface area contributed by atoms with Gasteiger partial charge in [-0.15, -0.1) is 0 Å². The minimum atomic E-state index is 0.102. The molecule has 0 aliphatic carbocycles. The molecule has 0 aromatic heterocycles. The molecule has 27 heavy (non-hydrogen) atoms. The van der Waals surface area contributed by atoms with Crippen LogP contribution in [0.3, 0.4) is 0 Å². The average molecular weight is 367 g/mol. The number of amides is 1. The third-order valence-corrected chi connectivity index (χ3v) is 5.12. The Balaban J connectivity index is 1.64. The molecule has 0 spiro atoms. The Hall–Kier alpha value is -2.37. The first kappa shape index (κ1) is 19.4. The number of nitrogens with zero attached hydrogens (tertiary/aromatic N) is 3. The Labute approximate surface area is 161 Å². The van der Waals surface area contributed by atoms with Crippen LogP contribution in [0, 0.1) is 0 Å². The summed E-state index contributed by atoms with van der Waals surface area (Å²) in [6, 6.07) is 16.3. The van der Waals surface area contributed by atoms with E-state index in [0.29, 0.717) is 0 Å². The molecule has 2 aromatic rings. The van der Waals surface area contributed by atoms with Gasteiger partial charge in [0.2, 0.25) is 0 Å². The Kier molecular flexibility index (Phi) is 6.48. The van der Waals surface area contributed by atoms with E-state index in [9.17, 15) is 4.79 Å². The monoisotopic (exact) mass is 367 g/mol. The summed E-state index contributed by atoms with van der Waals surface area (Å²) in [5.74, 6) is 0.102. The lowest BCUT2D eigenvalue weighted by Gasteiger charge is -2.34. The molecule has 1 aliphatic heterocycles. The van der Waals surface area contributed by atoms with Crippen LogP contribution in [0.25, 0.3) is 11.1 Å². The van der Waals surface area contributed by atoms with Crippen molar-refractivity contribution in [3.05, 3.63) is 54.1 Å². The number of carbonyl (C=O) groups excluding carboxylic acids is 1. The zero-order valence-electron chi connectivity index (χ0n) is 16.3. The molecule has 1 saturated heterocycles. The van der Waals surface area contributed by atoms with Gasteiger partial charge in [-0.2, -0.15) is 0 Å². The second-order valence-corrected chi connectivity index (χ2v) is 7.23. The minimum absolute atomic E-state index is 0.102. The van der Waals surface area contributed by atoms with E-state index >= 15 is 0 Å². The molecular weight excluding hydrogens is 338 g/mol. The summed E-state index contributed by atoms with van der Waals surface area (Å²) in [5, 5.41) is 8.94. The zero-order chi connectivity index (χ0) is 19.2. The number of benzene rings is 2. The van der Waals surface area contributed by atoms with Gasteiger partial charge >= 0.3 is 0 Å². The van der Waals surface area contributed by atoms with Gasteiger partial charge in [0, 0.05) is 64.7 Å². The lowest BCUT2D eigenvalue weighted by Crippen LogP contribution is -2.48. The molecular formula is C22H29N3O2. The highest BCUT2D eigenvalue weighted by molar-refractivity contribution is 5.94. The van der Waals surface area contributed by atoms with E-state index in [2.05, 4.69) is 34.1 Å². The van der Waals surface area contributed by atoms with Crippen LogP contribution in [0.15, 0.2) is 48.5 Å². The van der Waals surface area contributed by atoms with Crippen molar-refractivity contribution in [3.63, 3.8) is 0 Å². The molecule has 0 saturated carbocycles. The molecule has 5 nitrogen and oxygen atoms in total. The Morgan fingerprint density at radius 1 is 1.00 bits per heavy atom. The maximum absolute atomic E-state index is 12.8. The van der Waals surface area contributed by atoms with Crippen molar-refractivity contribution in [2.75, 3.05) is 58.3 Å². The van der Waals surface area contributed by atoms with E-state index in [1.165, 1.54) is 0 Å². The second kappa shape index (κ2) is 9.02. The molecule has 144 valence electrons. The topological polar surface area (TPSA) is 47.0 Å². The van der Waals surface area contributed by atoms with Crippen molar-refractivity contribution < 1.29 is 9.90 Å². The van der Waals surface area contributed by atoms with Gasteiger partial charge in [-0.05, 0) is 41.8 Å². The Bertz CT molecular complexity index is 750. The fourth-order valence-electron chi connectivity index (χ4n) is 3.42. The number of aliphatic hydroxyl groups is 1. The van der Waals surface area contributed by atoms with E-state index < -0.39 is 0 Å². The SMILES string of the molecule is CN(C)c1cccc(-c2ccc(C(=O)N3CCN(CCCO)CC3)cc2)c1. The molecule has 0 atom stereocenters. The zero-order valence-corrected chi connectivity index (χ0v) is 16.3. The molecule has 0 unspecified atom stereocenters. The Morgan fingerprint density at radius 2 is 1.70 bits per heavy atom. The van der Waals surface area contributed by atoms with Gasteiger partial charge in [0.1, 0.15) is 0 Å². The predicted octanol–water partition coefficient (Wildman–Crippen LogP) is 2.56. The lowest BCUT2D eigenvalue weighted by atomic mass is 10.0. The quantitative estimate of drug-likeness (QED) is 0.852. The van der Waals surface area contributed by atoms with Gasteiger partial charge in [-0.3, -0.25) is 9.69 Å². The molecule has 0 radical (unpaired) electrons. The van der Waals surface area contributed by atoms with Crippen LogP contribution in [0.1, 0.15) is 16.8 Å². The van der Waals surface area contributed by atoms with Crippen molar-refractivity contribution in [1.29, 1.82) is 0 Å². The van der Waals surface area contributed by atoms with Gasteiger partial charge in [0.15, 0.2) is 0 Å². The van der Waals surface area contributed by atoms with E-state index in [-0.39, 0.29) is 12.5 Å². The summed E-state index contributed by atoms with van der Waals surface area (Å²) < 4.78 is 0. The summed E-state index contributed by atoms with van der Waals surface area (Å²) in [6.07, 6.45) is 0.796. The van der Waals surface area contributed by atoms with Gasteiger partial charge in [-0.1, -0.05) is 24.3 Å². The molecule has 2 aromatic carbocycles. The molecule has 1 N–H and O–H groups in total. The van der Waals surface area contributed by atoms with Crippen LogP contribution in [0.4, 0.5) is 5.69 Å². The van der Waals surface area contributed by atoms with Crippen molar-refractivity contribution in [2.24, 2.45) is 0 Å². The maximum atomic E-state index is 12.8.